The van der Waals surface area contributed by atoms with E-state index in [0.717, 1.165) is 11.3 Å². The predicted molar refractivity (Wildman–Crippen MR) is 136 cm³/mol. The van der Waals surface area contributed by atoms with Gasteiger partial charge < -0.3 is 5.73 Å². The Morgan fingerprint density at radius 2 is 1.36 bits per heavy atom. The number of nitrogens with zero attached hydrogens (tertiary/aromatic N) is 1. The summed E-state index contributed by atoms with van der Waals surface area (Å²) in [7, 11) is 4.02. The van der Waals surface area contributed by atoms with Crippen molar-refractivity contribution >= 4 is 33.5 Å². The summed E-state index contributed by atoms with van der Waals surface area (Å²) in [5.41, 5.74) is 8.68. The van der Waals surface area contributed by atoms with E-state index >= 15 is 0 Å². The van der Waals surface area contributed by atoms with Gasteiger partial charge in [-0.3, -0.25) is 4.98 Å². The summed E-state index contributed by atoms with van der Waals surface area (Å²) in [6.45, 7) is 11.5. The number of hydrogen-bond acceptors (Lipinski definition) is 2. The van der Waals surface area contributed by atoms with E-state index in [1.54, 1.807) is 6.20 Å². The molecule has 1 aromatic heterocycles. The van der Waals surface area contributed by atoms with E-state index in [2.05, 4.69) is 114 Å². The molecular formula is C27H26ClN2OPRu. The fourth-order valence-corrected chi connectivity index (χ4v) is 5.66. The van der Waals surface area contributed by atoms with Crippen molar-refractivity contribution in [2.24, 2.45) is 5.73 Å². The summed E-state index contributed by atoms with van der Waals surface area (Å²) in [4.78, 5) is 3.97. The zero-order valence-corrected chi connectivity index (χ0v) is 21.7. The van der Waals surface area contributed by atoms with E-state index < -0.39 is 7.92 Å². The van der Waals surface area contributed by atoms with Gasteiger partial charge in [0, 0.05) is 12.7 Å². The average molecular weight is 562 g/mol. The monoisotopic (exact) mass is 562 g/mol. The van der Waals surface area contributed by atoms with Crippen molar-refractivity contribution in [2.75, 3.05) is 0 Å². The van der Waals surface area contributed by atoms with Gasteiger partial charge in [-0.15, -0.1) is 11.4 Å². The van der Waals surface area contributed by atoms with Crippen LogP contribution in [0.3, 0.4) is 0 Å². The van der Waals surface area contributed by atoms with Gasteiger partial charge in [-0.05, 0) is 22.7 Å². The van der Waals surface area contributed by atoms with Gasteiger partial charge in [0.2, 0.25) is 0 Å². The zero-order chi connectivity index (χ0) is 24.5. The molecule has 170 valence electrons. The van der Waals surface area contributed by atoms with Gasteiger partial charge in [-0.1, -0.05) is 93.2 Å². The topological polar surface area (TPSA) is 58.8 Å². The second-order valence-corrected chi connectivity index (χ2v) is 8.77. The van der Waals surface area contributed by atoms with Crippen LogP contribution in [0, 0.1) is 20.5 Å². The van der Waals surface area contributed by atoms with Crippen LogP contribution in [0.4, 0.5) is 0 Å². The minimum absolute atomic E-state index is 0.529. The molecule has 33 heavy (non-hydrogen) atoms. The molecule has 4 aromatic rings. The first-order chi connectivity index (χ1) is 16.2. The molecule has 3 aromatic carbocycles. The standard InChI is InChI=1S/C20H18P.C6H8N2.CO.ClH.Ru/c1-16-10-9-11-17(2)20(16)21(18-12-5-3-6-13-18)19-14-7-4-8-15-19;7-5-6-3-1-2-4-8-6;1-2;;/h3-15H,1H2,2H3;1-4H,5,7H2;;1H;/q-1;;;;+2/p-1. The molecule has 0 saturated heterocycles. The number of pyridine rings is 1. The predicted octanol–water partition coefficient (Wildman–Crippen LogP) is 5.13. The summed E-state index contributed by atoms with van der Waals surface area (Å²) in [5.74, 6) is 0. The fourth-order valence-electron chi connectivity index (χ4n) is 3.12. The number of nitrogens with two attached hydrogens (primary N) is 1. The molecule has 0 saturated carbocycles. The van der Waals surface area contributed by atoms with Crippen LogP contribution in [0.1, 0.15) is 16.8 Å². The Kier molecular flexibility index (Phi) is 15.0. The molecule has 0 spiro atoms. The van der Waals surface area contributed by atoms with E-state index in [9.17, 15) is 0 Å². The van der Waals surface area contributed by atoms with Crippen LogP contribution in [0.15, 0.2) is 103 Å². The van der Waals surface area contributed by atoms with Gasteiger partial charge in [0.15, 0.2) is 0 Å². The Labute approximate surface area is 212 Å². The van der Waals surface area contributed by atoms with Crippen LogP contribution in [0.5, 0.6) is 0 Å². The Morgan fingerprint density at radius 1 is 0.848 bits per heavy atom. The van der Waals surface area contributed by atoms with Crippen LogP contribution in [0.2, 0.25) is 0 Å². The summed E-state index contributed by atoms with van der Waals surface area (Å²) in [6, 6.07) is 33.6. The first-order valence-corrected chi connectivity index (χ1v) is 13.5. The molecule has 6 heteroatoms. The second-order valence-electron chi connectivity index (χ2n) is 6.61. The Bertz CT molecular complexity index is 1000. The van der Waals surface area contributed by atoms with E-state index in [1.807, 2.05) is 35.5 Å². The summed E-state index contributed by atoms with van der Waals surface area (Å²) >= 11 is 1.82. The maximum atomic E-state index is 7.50. The van der Waals surface area contributed by atoms with Crippen LogP contribution in [-0.4, -0.2) is 4.98 Å². The molecule has 0 aliphatic carbocycles. The molecule has 0 atom stereocenters. The van der Waals surface area contributed by atoms with Crippen molar-refractivity contribution in [1.29, 1.82) is 0 Å². The van der Waals surface area contributed by atoms with Crippen molar-refractivity contribution in [2.45, 2.75) is 13.5 Å². The quantitative estimate of drug-likeness (QED) is 0.163. The molecule has 0 fully saturated rings. The molecule has 4 rings (SSSR count). The van der Waals surface area contributed by atoms with Crippen molar-refractivity contribution in [3.63, 3.8) is 0 Å². The number of rotatable bonds is 4. The first kappa shape index (κ1) is 28.8. The van der Waals surface area contributed by atoms with Crippen LogP contribution < -0.4 is 21.6 Å². The van der Waals surface area contributed by atoms with Gasteiger partial charge in [-0.25, -0.2) is 0 Å². The van der Waals surface area contributed by atoms with Crippen molar-refractivity contribution in [1.82, 2.24) is 4.98 Å². The van der Waals surface area contributed by atoms with Crippen LogP contribution in [0.25, 0.3) is 0 Å². The van der Waals surface area contributed by atoms with Gasteiger partial charge in [0.25, 0.3) is 0 Å². The number of benzene rings is 3. The SMILES string of the molecule is NCc1ccccn1.[C-]#[O+].[CH2-]c1cccc(C)c1P(c1ccccc1)c1ccccc1.[Cl][Ru+]. The van der Waals surface area contributed by atoms with Gasteiger partial charge in [-0.2, -0.15) is 18.6 Å². The summed E-state index contributed by atoms with van der Waals surface area (Å²) in [6.07, 6.45) is 1.74. The Hall–Kier alpha value is -2.28. The Balaban J connectivity index is 0.000000380. The average Bonchev–Trinajstić information content (AvgIpc) is 2.90. The third kappa shape index (κ3) is 9.24. The zero-order valence-electron chi connectivity index (χ0n) is 18.3. The molecule has 0 radical (unpaired) electrons. The first-order valence-electron chi connectivity index (χ1n) is 9.96. The third-order valence-electron chi connectivity index (χ3n) is 4.51. The van der Waals surface area contributed by atoms with Gasteiger partial charge >= 0.3 is 38.3 Å². The van der Waals surface area contributed by atoms with Crippen molar-refractivity contribution < 1.29 is 22.0 Å². The molecule has 0 aliphatic rings. The maximum absolute atomic E-state index is 7.50. The van der Waals surface area contributed by atoms with E-state index in [1.165, 1.54) is 21.5 Å². The van der Waals surface area contributed by atoms with Crippen molar-refractivity contribution in [3.05, 3.63) is 134 Å². The van der Waals surface area contributed by atoms with E-state index in [-0.39, 0.29) is 0 Å². The third-order valence-corrected chi connectivity index (χ3v) is 7.23. The molecule has 3 nitrogen and oxygen atoms in total. The number of aryl methyl sites for hydroxylation is 1. The number of aromatic nitrogens is 1. The Morgan fingerprint density at radius 3 is 1.76 bits per heavy atom. The van der Waals surface area contributed by atoms with Gasteiger partial charge in [0.05, 0.1) is 5.69 Å². The molecule has 2 N–H and O–H groups in total. The van der Waals surface area contributed by atoms with Crippen molar-refractivity contribution in [3.8, 4) is 0 Å². The van der Waals surface area contributed by atoms with E-state index in [4.69, 9.17) is 10.4 Å². The van der Waals surface area contributed by atoms with Crippen LogP contribution >= 0.6 is 17.6 Å². The fraction of sp³-hybridized carbons (Fsp3) is 0.0741. The normalized spacial score (nSPS) is 9.30. The van der Waals surface area contributed by atoms with Gasteiger partial charge in [0.1, 0.15) is 0 Å². The minimum atomic E-state index is -0.550. The summed E-state index contributed by atoms with van der Waals surface area (Å²) < 4.78 is 7.50. The molecular weight excluding hydrogens is 536 g/mol. The number of halogens is 1. The molecule has 0 unspecified atom stereocenters. The van der Waals surface area contributed by atoms with Crippen LogP contribution in [-0.2, 0) is 28.5 Å². The van der Waals surface area contributed by atoms with E-state index in [0.29, 0.717) is 6.54 Å². The summed E-state index contributed by atoms with van der Waals surface area (Å²) in [5, 5.41) is 4.13. The number of hydrogen-bond donors (Lipinski definition) is 1. The molecule has 1 heterocycles. The molecule has 0 amide bonds. The molecule has 0 bridgehead atoms. The second kappa shape index (κ2) is 17.2. The molecule has 0 aliphatic heterocycles.